The summed E-state index contributed by atoms with van der Waals surface area (Å²) in [5.74, 6) is -1.85. The van der Waals surface area contributed by atoms with Crippen molar-refractivity contribution in [1.82, 2.24) is 0 Å². The fourth-order valence-electron chi connectivity index (χ4n) is 2.66. The van der Waals surface area contributed by atoms with Gasteiger partial charge in [0.15, 0.2) is 0 Å². The van der Waals surface area contributed by atoms with Gasteiger partial charge in [-0.15, -0.1) is 0 Å². The zero-order valence-corrected chi connectivity index (χ0v) is 15.5. The van der Waals surface area contributed by atoms with Gasteiger partial charge in [0.05, 0.1) is 0 Å². The molecular weight excluding hydrogens is 325 g/mol. The molecule has 3 aromatic carbocycles. The van der Waals surface area contributed by atoms with Crippen LogP contribution in [0.1, 0.15) is 11.1 Å². The first-order valence-corrected chi connectivity index (χ1v) is 9.26. The average Bonchev–Trinajstić information content (AvgIpc) is 2.59. The fourth-order valence-corrected chi connectivity index (χ4v) is 3.13. The Bertz CT molecular complexity index is 863. The Balaban J connectivity index is 2.00. The van der Waals surface area contributed by atoms with Gasteiger partial charge in [0.2, 0.25) is 0 Å². The maximum atomic E-state index is 14.5. The van der Waals surface area contributed by atoms with Gasteiger partial charge in [0.1, 0.15) is 17.5 Å². The maximum Gasteiger partial charge on any atom is 0.131 e. The van der Waals surface area contributed by atoms with Gasteiger partial charge in [-0.1, -0.05) is 42.0 Å². The third-order valence-corrected chi connectivity index (χ3v) is 5.07. The fraction of sp³-hybridized carbons (Fsp3) is 0.100. The molecule has 0 fully saturated rings. The summed E-state index contributed by atoms with van der Waals surface area (Å²) in [5, 5.41) is 0. The second kappa shape index (κ2) is 6.65. The molecule has 0 aliphatic carbocycles. The first-order valence-electron chi connectivity index (χ1n) is 7.84. The highest BCUT2D eigenvalue weighted by atomic mass is 28.1. The van der Waals surface area contributed by atoms with Crippen molar-refractivity contribution in [2.75, 3.05) is 0 Å². The van der Waals surface area contributed by atoms with E-state index in [0.29, 0.717) is 0 Å². The molecule has 3 aromatic rings. The minimum absolute atomic E-state index is 0.0603. The SMILES string of the molecule is Cc1c(F)cc(-c2ccc(-c3ccc(C[SiH3])cc3)cc2F)cc1F. The van der Waals surface area contributed by atoms with Crippen LogP contribution >= 0.6 is 0 Å². The largest absolute Gasteiger partial charge is 0.207 e. The number of hydrogen-bond acceptors (Lipinski definition) is 0. The van der Waals surface area contributed by atoms with E-state index in [-0.39, 0.29) is 16.7 Å². The minimum atomic E-state index is -0.674. The van der Waals surface area contributed by atoms with Crippen LogP contribution < -0.4 is 0 Å². The second-order valence-corrected chi connectivity index (χ2v) is 6.52. The van der Waals surface area contributed by atoms with Crippen molar-refractivity contribution in [1.29, 1.82) is 0 Å². The Kier molecular flexibility index (Phi) is 4.58. The highest BCUT2D eigenvalue weighted by molar-refractivity contribution is 6.08. The van der Waals surface area contributed by atoms with Gasteiger partial charge in [-0.05, 0) is 47.9 Å². The number of benzene rings is 3. The zero-order valence-electron chi connectivity index (χ0n) is 13.5. The predicted octanol–water partition coefficient (Wildman–Crippen LogP) is 4.61. The van der Waals surface area contributed by atoms with E-state index in [4.69, 9.17) is 0 Å². The van der Waals surface area contributed by atoms with Crippen LogP contribution in [0, 0.1) is 24.4 Å². The third-order valence-electron chi connectivity index (χ3n) is 4.26. The molecule has 122 valence electrons. The van der Waals surface area contributed by atoms with E-state index < -0.39 is 17.5 Å². The summed E-state index contributed by atoms with van der Waals surface area (Å²) >= 11 is 0. The molecule has 3 rings (SSSR count). The lowest BCUT2D eigenvalue weighted by Crippen LogP contribution is -1.93. The summed E-state index contributed by atoms with van der Waals surface area (Å²) < 4.78 is 41.9. The lowest BCUT2D eigenvalue weighted by Gasteiger charge is -2.09. The van der Waals surface area contributed by atoms with E-state index in [1.54, 1.807) is 12.1 Å². The van der Waals surface area contributed by atoms with Gasteiger partial charge >= 0.3 is 0 Å². The molecule has 0 aromatic heterocycles. The van der Waals surface area contributed by atoms with Crippen LogP contribution in [0.4, 0.5) is 13.2 Å². The second-order valence-electron chi connectivity index (χ2n) is 5.81. The van der Waals surface area contributed by atoms with Crippen molar-refractivity contribution >= 4 is 10.2 Å². The van der Waals surface area contributed by atoms with Crippen LogP contribution in [0.3, 0.4) is 0 Å². The summed E-state index contributed by atoms with van der Waals surface area (Å²) in [7, 11) is 1.10. The van der Waals surface area contributed by atoms with Crippen molar-refractivity contribution < 1.29 is 13.2 Å². The Morgan fingerprint density at radius 3 is 1.79 bits per heavy atom. The van der Waals surface area contributed by atoms with E-state index in [0.717, 1.165) is 39.5 Å². The average molecular weight is 342 g/mol. The summed E-state index contributed by atoms with van der Waals surface area (Å²) in [6.45, 7) is 1.36. The van der Waals surface area contributed by atoms with Crippen LogP contribution in [0.2, 0.25) is 0 Å². The lowest BCUT2D eigenvalue weighted by atomic mass is 9.98. The molecule has 0 atom stereocenters. The van der Waals surface area contributed by atoms with E-state index >= 15 is 0 Å². The van der Waals surface area contributed by atoms with Crippen LogP contribution in [0.15, 0.2) is 54.6 Å². The monoisotopic (exact) mass is 342 g/mol. The van der Waals surface area contributed by atoms with E-state index in [2.05, 4.69) is 0 Å². The first-order chi connectivity index (χ1) is 11.5. The molecule has 0 nitrogen and oxygen atoms in total. The molecule has 0 aliphatic rings. The quantitative estimate of drug-likeness (QED) is 0.610. The molecular formula is C20H17F3Si. The molecule has 24 heavy (non-hydrogen) atoms. The third kappa shape index (κ3) is 3.15. The Morgan fingerprint density at radius 1 is 0.708 bits per heavy atom. The van der Waals surface area contributed by atoms with Crippen molar-refractivity contribution in [2.24, 2.45) is 0 Å². The van der Waals surface area contributed by atoms with Crippen LogP contribution in [0.5, 0.6) is 0 Å². The van der Waals surface area contributed by atoms with E-state index in [1.165, 1.54) is 18.6 Å². The van der Waals surface area contributed by atoms with Gasteiger partial charge in [0.25, 0.3) is 0 Å². The highest BCUT2D eigenvalue weighted by Crippen LogP contribution is 2.30. The van der Waals surface area contributed by atoms with Gasteiger partial charge in [-0.25, -0.2) is 13.2 Å². The summed E-state index contributed by atoms with van der Waals surface area (Å²) in [5.41, 5.74) is 3.26. The molecule has 0 bridgehead atoms. The van der Waals surface area contributed by atoms with Crippen molar-refractivity contribution in [3.8, 4) is 22.3 Å². The minimum Gasteiger partial charge on any atom is -0.207 e. The summed E-state index contributed by atoms with van der Waals surface area (Å²) in [4.78, 5) is 0. The Labute approximate surface area is 142 Å². The molecule has 0 amide bonds. The molecule has 0 aliphatic heterocycles. The van der Waals surface area contributed by atoms with Gasteiger partial charge < -0.3 is 0 Å². The van der Waals surface area contributed by atoms with Crippen LogP contribution in [-0.4, -0.2) is 10.2 Å². The van der Waals surface area contributed by atoms with Gasteiger partial charge in [0, 0.05) is 21.4 Å². The van der Waals surface area contributed by atoms with E-state index in [9.17, 15) is 13.2 Å². The summed E-state index contributed by atoms with van der Waals surface area (Å²) in [6.07, 6.45) is 0. The lowest BCUT2D eigenvalue weighted by molar-refractivity contribution is 0.568. The molecule has 4 heteroatoms. The number of halogens is 3. The van der Waals surface area contributed by atoms with Crippen molar-refractivity contribution in [2.45, 2.75) is 13.0 Å². The first kappa shape index (κ1) is 16.5. The standard InChI is InChI=1S/C20H17F3Si/c1-12-18(21)9-16(10-19(12)22)17-7-6-15(8-20(17)23)14-4-2-13(11-24)3-5-14/h2-10H,11H2,1,24H3. The topological polar surface area (TPSA) is 0 Å². The van der Waals surface area contributed by atoms with Gasteiger partial charge in [-0.3, -0.25) is 0 Å². The smallest absolute Gasteiger partial charge is 0.131 e. The molecule has 0 radical (unpaired) electrons. The number of rotatable bonds is 3. The van der Waals surface area contributed by atoms with E-state index in [1.807, 2.05) is 24.3 Å². The molecule has 0 unspecified atom stereocenters. The molecule has 0 spiro atoms. The van der Waals surface area contributed by atoms with Crippen LogP contribution in [0.25, 0.3) is 22.3 Å². The Morgan fingerprint density at radius 2 is 1.25 bits per heavy atom. The predicted molar refractivity (Wildman–Crippen MR) is 95.6 cm³/mol. The normalized spacial score (nSPS) is 11.0. The van der Waals surface area contributed by atoms with Gasteiger partial charge in [-0.2, -0.15) is 0 Å². The molecule has 0 heterocycles. The van der Waals surface area contributed by atoms with Crippen LogP contribution in [-0.2, 0) is 6.04 Å². The zero-order chi connectivity index (χ0) is 17.3. The number of hydrogen-bond donors (Lipinski definition) is 0. The van der Waals surface area contributed by atoms with Crippen molar-refractivity contribution in [3.63, 3.8) is 0 Å². The van der Waals surface area contributed by atoms with Crippen molar-refractivity contribution in [3.05, 3.63) is 83.2 Å². The summed E-state index contributed by atoms with van der Waals surface area (Å²) in [6, 6.07) is 16.2. The maximum absolute atomic E-state index is 14.5. The molecule has 0 saturated heterocycles. The Hall–Kier alpha value is -2.33. The molecule has 0 N–H and O–H groups in total. The highest BCUT2D eigenvalue weighted by Gasteiger charge is 2.12. The molecule has 0 saturated carbocycles.